The summed E-state index contributed by atoms with van der Waals surface area (Å²) >= 11 is 0. The molecule has 146 valence electrons. The van der Waals surface area contributed by atoms with Gasteiger partial charge < -0.3 is 10.5 Å². The van der Waals surface area contributed by atoms with Crippen LogP contribution in [0.25, 0.3) is 0 Å². The molecule has 7 heteroatoms. The molecule has 0 radical (unpaired) electrons. The van der Waals surface area contributed by atoms with Gasteiger partial charge in [0.1, 0.15) is 11.4 Å². The molecule has 0 bridgehead atoms. The number of piperidine rings is 1. The summed E-state index contributed by atoms with van der Waals surface area (Å²) in [6, 6.07) is 10.4. The summed E-state index contributed by atoms with van der Waals surface area (Å²) in [5.74, 6) is -0.332. The normalized spacial score (nSPS) is 23.6. The van der Waals surface area contributed by atoms with Crippen molar-refractivity contribution in [2.75, 3.05) is 27.7 Å². The van der Waals surface area contributed by atoms with Crippen molar-refractivity contribution < 1.29 is 9.53 Å². The Kier molecular flexibility index (Phi) is 6.29. The van der Waals surface area contributed by atoms with Crippen LogP contribution in [0.15, 0.2) is 30.3 Å². The molecule has 1 atom stereocenters. The molecule has 7 nitrogen and oxygen atoms in total. The molecule has 5 N–H and O–H groups in total. The largest absolute Gasteiger partial charge is 0.444 e. The van der Waals surface area contributed by atoms with Crippen molar-refractivity contribution in [2.45, 2.75) is 49.9 Å². The molecule has 1 amide bonds. The lowest BCUT2D eigenvalue weighted by molar-refractivity contribution is -0.0818. The first-order chi connectivity index (χ1) is 12.2. The highest BCUT2D eigenvalue weighted by Crippen LogP contribution is 2.44. The highest BCUT2D eigenvalue weighted by molar-refractivity contribution is 5.65. The fourth-order valence-electron chi connectivity index (χ4n) is 4.38. The van der Waals surface area contributed by atoms with Crippen LogP contribution in [0.5, 0.6) is 0 Å². The summed E-state index contributed by atoms with van der Waals surface area (Å²) in [6.07, 6.45) is 1.75. The van der Waals surface area contributed by atoms with Crippen molar-refractivity contribution in [1.29, 1.82) is 0 Å². The number of hydrazine groups is 1. The van der Waals surface area contributed by atoms with Gasteiger partial charge >= 0.3 is 6.09 Å². The molecular formula is C19H33N5O2. The van der Waals surface area contributed by atoms with Gasteiger partial charge in [-0.2, -0.15) is 0 Å². The highest BCUT2D eigenvalue weighted by atomic mass is 16.6. The zero-order valence-corrected chi connectivity index (χ0v) is 16.6. The number of ether oxygens (including phenoxy) is 1. The van der Waals surface area contributed by atoms with E-state index in [1.54, 1.807) is 0 Å². The summed E-state index contributed by atoms with van der Waals surface area (Å²) in [5, 5.41) is 8.98. The summed E-state index contributed by atoms with van der Waals surface area (Å²) in [4.78, 5) is 11.4. The second kappa shape index (κ2) is 7.92. The third kappa shape index (κ3) is 4.17. The molecule has 1 aromatic carbocycles. The average molecular weight is 364 g/mol. The van der Waals surface area contributed by atoms with Crippen molar-refractivity contribution in [3.8, 4) is 0 Å². The number of amides is 1. The lowest BCUT2D eigenvalue weighted by Crippen LogP contribution is -2.74. The van der Waals surface area contributed by atoms with Crippen molar-refractivity contribution in [3.63, 3.8) is 0 Å². The second-order valence-electron chi connectivity index (χ2n) is 7.67. The number of carbonyl (C=O) groups excluding carboxylic acids is 1. The lowest BCUT2D eigenvalue weighted by Gasteiger charge is -2.54. The molecule has 0 aliphatic carbocycles. The minimum Gasteiger partial charge on any atom is -0.444 e. The van der Waals surface area contributed by atoms with Gasteiger partial charge in [0.2, 0.25) is 0 Å². The van der Waals surface area contributed by atoms with Gasteiger partial charge in [-0.05, 0) is 59.8 Å². The Balaban J connectivity index is 2.42. The van der Waals surface area contributed by atoms with E-state index in [0.717, 1.165) is 19.4 Å². The predicted octanol–water partition coefficient (Wildman–Crippen LogP) is 1.51. The maximum absolute atomic E-state index is 11.4. The first-order valence-electron chi connectivity index (χ1n) is 9.09. The Hall–Kier alpha value is -1.67. The smallest absolute Gasteiger partial charge is 0.405 e. The van der Waals surface area contributed by atoms with E-state index in [0.29, 0.717) is 6.42 Å². The van der Waals surface area contributed by atoms with Crippen LogP contribution < -0.4 is 21.8 Å². The van der Waals surface area contributed by atoms with Gasteiger partial charge in [0.15, 0.2) is 0 Å². The fourth-order valence-corrected chi connectivity index (χ4v) is 4.38. The van der Waals surface area contributed by atoms with Crippen LogP contribution in [-0.2, 0) is 10.2 Å². The van der Waals surface area contributed by atoms with Crippen molar-refractivity contribution in [3.05, 3.63) is 35.9 Å². The first kappa shape index (κ1) is 20.6. The Morgan fingerprint density at radius 2 is 1.81 bits per heavy atom. The maximum atomic E-state index is 11.4. The minimum absolute atomic E-state index is 0.180. The van der Waals surface area contributed by atoms with E-state index in [4.69, 9.17) is 10.5 Å². The second-order valence-corrected chi connectivity index (χ2v) is 7.67. The molecular weight excluding hydrogens is 330 g/mol. The van der Waals surface area contributed by atoms with Gasteiger partial charge in [-0.3, -0.25) is 16.1 Å². The molecule has 1 aliphatic heterocycles. The summed E-state index contributed by atoms with van der Waals surface area (Å²) in [7, 11) is 5.84. The number of hydrogen-bond acceptors (Lipinski definition) is 6. The molecule has 26 heavy (non-hydrogen) atoms. The number of nitrogens with one attached hydrogen (secondary N) is 3. The Morgan fingerprint density at radius 3 is 2.31 bits per heavy atom. The van der Waals surface area contributed by atoms with E-state index in [1.165, 1.54) is 5.56 Å². The van der Waals surface area contributed by atoms with Crippen molar-refractivity contribution in [2.24, 2.45) is 5.73 Å². The number of primary amides is 1. The number of benzene rings is 1. The summed E-state index contributed by atoms with van der Waals surface area (Å²) in [6.45, 7) is 4.59. The zero-order valence-electron chi connectivity index (χ0n) is 16.6. The molecule has 0 aromatic heterocycles. The number of carbonyl (C=O) groups is 1. The Labute approximate surface area is 156 Å². The number of hydrogen-bond donors (Lipinski definition) is 4. The van der Waals surface area contributed by atoms with E-state index < -0.39 is 11.7 Å². The molecule has 1 aliphatic rings. The van der Waals surface area contributed by atoms with Crippen molar-refractivity contribution in [1.82, 2.24) is 21.1 Å². The topological polar surface area (TPSA) is 91.7 Å². The average Bonchev–Trinajstić information content (AvgIpc) is 2.61. The molecule has 0 spiro atoms. The quantitative estimate of drug-likeness (QED) is 0.549. The summed E-state index contributed by atoms with van der Waals surface area (Å²) < 4.78 is 5.43. The van der Waals surface area contributed by atoms with Gasteiger partial charge in [-0.1, -0.05) is 30.3 Å². The lowest BCUT2D eigenvalue weighted by atomic mass is 9.67. The fraction of sp³-hybridized carbons (Fsp3) is 0.632. The molecule has 1 aromatic rings. The highest BCUT2D eigenvalue weighted by Gasteiger charge is 2.49. The zero-order chi connectivity index (χ0) is 19.4. The predicted molar refractivity (Wildman–Crippen MR) is 103 cm³/mol. The van der Waals surface area contributed by atoms with Crippen LogP contribution in [0.3, 0.4) is 0 Å². The van der Waals surface area contributed by atoms with Crippen molar-refractivity contribution >= 4 is 6.09 Å². The van der Waals surface area contributed by atoms with Crippen LogP contribution in [-0.4, -0.2) is 50.2 Å². The third-order valence-corrected chi connectivity index (χ3v) is 5.51. The SMILES string of the molecule is CNN1CC(CC(C)(C)OC(N)=O)(c2ccccc2)CCC1(NC)NC. The van der Waals surface area contributed by atoms with Crippen LogP contribution in [0, 0.1) is 0 Å². The van der Waals surface area contributed by atoms with Gasteiger partial charge in [0.25, 0.3) is 0 Å². The van der Waals surface area contributed by atoms with Gasteiger partial charge in [-0.25, -0.2) is 9.80 Å². The molecule has 2 rings (SSSR count). The van der Waals surface area contributed by atoms with E-state index in [-0.39, 0.29) is 11.2 Å². The Morgan fingerprint density at radius 1 is 1.19 bits per heavy atom. The van der Waals surface area contributed by atoms with Crippen LogP contribution in [0.2, 0.25) is 0 Å². The van der Waals surface area contributed by atoms with E-state index in [1.807, 2.05) is 41.1 Å². The summed E-state index contributed by atoms with van der Waals surface area (Å²) in [5.41, 5.74) is 9.02. The minimum atomic E-state index is -0.737. The monoisotopic (exact) mass is 363 g/mol. The Bertz CT molecular complexity index is 603. The molecule has 1 saturated heterocycles. The molecule has 1 unspecified atom stereocenters. The molecule has 1 heterocycles. The van der Waals surface area contributed by atoms with Crippen LogP contribution in [0.4, 0.5) is 4.79 Å². The van der Waals surface area contributed by atoms with E-state index >= 15 is 0 Å². The van der Waals surface area contributed by atoms with Crippen LogP contribution >= 0.6 is 0 Å². The van der Waals surface area contributed by atoms with Crippen LogP contribution in [0.1, 0.15) is 38.7 Å². The molecule has 0 saturated carbocycles. The number of rotatable bonds is 7. The van der Waals surface area contributed by atoms with Gasteiger partial charge in [-0.15, -0.1) is 0 Å². The third-order valence-electron chi connectivity index (χ3n) is 5.51. The standard InChI is InChI=1S/C19H33N5O2/c1-17(2,26-16(20)25)13-18(15-9-7-6-8-10-15)11-12-19(21-3,22-4)24(14-18)23-5/h6-10,21-23H,11-14H2,1-5H3,(H2,20,25). The van der Waals surface area contributed by atoms with E-state index in [2.05, 4.69) is 45.3 Å². The van der Waals surface area contributed by atoms with E-state index in [9.17, 15) is 4.79 Å². The number of nitrogens with zero attached hydrogens (tertiary/aromatic N) is 1. The number of nitrogens with two attached hydrogens (primary N) is 1. The molecule has 1 fully saturated rings. The van der Waals surface area contributed by atoms with Gasteiger partial charge in [0, 0.05) is 12.0 Å². The first-order valence-corrected chi connectivity index (χ1v) is 9.09. The maximum Gasteiger partial charge on any atom is 0.405 e. The van der Waals surface area contributed by atoms with Gasteiger partial charge in [0.05, 0.1) is 0 Å².